The van der Waals surface area contributed by atoms with Crippen molar-refractivity contribution in [1.29, 1.82) is 0 Å². The number of nitrogens with zero attached hydrogens (tertiary/aromatic N) is 4. The van der Waals surface area contributed by atoms with Gasteiger partial charge in [-0.25, -0.2) is 4.98 Å². The molecular weight excluding hydrogens is 504 g/mol. The summed E-state index contributed by atoms with van der Waals surface area (Å²) in [6, 6.07) is 8.22. The van der Waals surface area contributed by atoms with E-state index in [9.17, 15) is 14.9 Å². The summed E-state index contributed by atoms with van der Waals surface area (Å²) in [5.74, 6) is 0.727. The average molecular weight is 531 g/mol. The number of aromatic nitrogens is 2. The van der Waals surface area contributed by atoms with Crippen LogP contribution in [0.3, 0.4) is 0 Å². The second-order valence-corrected chi connectivity index (χ2v) is 9.79. The van der Waals surface area contributed by atoms with E-state index < -0.39 is 10.3 Å². The first-order valence-corrected chi connectivity index (χ1v) is 11.6. The van der Waals surface area contributed by atoms with E-state index in [1.165, 1.54) is 24.1 Å². The molecule has 3 rings (SSSR count). The number of fused-ring (bicyclic) bond motifs is 1. The fourth-order valence-electron chi connectivity index (χ4n) is 3.24. The number of benzene rings is 2. The lowest BCUT2D eigenvalue weighted by atomic mass is 9.95. The number of nitro groups is 1. The number of ether oxygens (including phenoxy) is 2. The third-order valence-corrected chi connectivity index (χ3v) is 5.66. The standard InChI is InChI=1S/C24H27BrN4O5/c1-7-14(2)34-21-19(29(31)32)10-15(11-20(21)33-6)13-26-28-22(30)17-12-16(25)8-9-18(17)27-23(28)24(3,4)5/h8-14H,7H2,1-6H3/t14-/m0/s1. The summed E-state index contributed by atoms with van der Waals surface area (Å²) in [4.78, 5) is 29.2. The van der Waals surface area contributed by atoms with E-state index in [4.69, 9.17) is 9.47 Å². The van der Waals surface area contributed by atoms with Gasteiger partial charge in [-0.2, -0.15) is 9.78 Å². The predicted octanol–water partition coefficient (Wildman–Crippen LogP) is 5.43. The smallest absolute Gasteiger partial charge is 0.315 e. The molecule has 1 aromatic heterocycles. The van der Waals surface area contributed by atoms with Crippen LogP contribution in [0.5, 0.6) is 11.5 Å². The van der Waals surface area contributed by atoms with E-state index in [1.807, 2.05) is 40.7 Å². The van der Waals surface area contributed by atoms with Crippen LogP contribution in [0, 0.1) is 10.1 Å². The van der Waals surface area contributed by atoms with Crippen LogP contribution in [0.1, 0.15) is 52.4 Å². The maximum atomic E-state index is 13.3. The highest BCUT2D eigenvalue weighted by Gasteiger charge is 2.25. The quantitative estimate of drug-likeness (QED) is 0.228. The van der Waals surface area contributed by atoms with E-state index >= 15 is 0 Å². The van der Waals surface area contributed by atoms with Crippen LogP contribution >= 0.6 is 15.9 Å². The van der Waals surface area contributed by atoms with E-state index in [-0.39, 0.29) is 28.8 Å². The van der Waals surface area contributed by atoms with Crippen LogP contribution in [0.25, 0.3) is 10.9 Å². The van der Waals surface area contributed by atoms with Crippen molar-refractivity contribution >= 4 is 38.7 Å². The molecule has 0 bridgehead atoms. The lowest BCUT2D eigenvalue weighted by molar-refractivity contribution is -0.386. The normalized spacial score (nSPS) is 12.8. The molecule has 1 atom stereocenters. The maximum absolute atomic E-state index is 13.3. The molecule has 0 spiro atoms. The number of methoxy groups -OCH3 is 1. The number of rotatable bonds is 7. The van der Waals surface area contributed by atoms with Crippen LogP contribution in [-0.4, -0.2) is 34.0 Å². The number of hydrogen-bond acceptors (Lipinski definition) is 7. The lowest BCUT2D eigenvalue weighted by Gasteiger charge is -2.21. The van der Waals surface area contributed by atoms with Gasteiger partial charge in [-0.1, -0.05) is 43.6 Å². The Labute approximate surface area is 205 Å². The van der Waals surface area contributed by atoms with Gasteiger partial charge in [0, 0.05) is 21.5 Å². The summed E-state index contributed by atoms with van der Waals surface area (Å²) in [7, 11) is 1.41. The van der Waals surface area contributed by atoms with Gasteiger partial charge in [0.2, 0.25) is 5.75 Å². The molecule has 0 radical (unpaired) electrons. The third-order valence-electron chi connectivity index (χ3n) is 5.17. The van der Waals surface area contributed by atoms with Gasteiger partial charge in [0.15, 0.2) is 5.75 Å². The van der Waals surface area contributed by atoms with Crippen LogP contribution < -0.4 is 15.0 Å². The molecule has 0 fully saturated rings. The van der Waals surface area contributed by atoms with E-state index in [0.29, 0.717) is 28.7 Å². The summed E-state index contributed by atoms with van der Waals surface area (Å²) >= 11 is 3.39. The van der Waals surface area contributed by atoms with Crippen molar-refractivity contribution in [1.82, 2.24) is 9.66 Å². The molecule has 1 heterocycles. The molecule has 2 aromatic carbocycles. The van der Waals surface area contributed by atoms with Crippen molar-refractivity contribution in [2.24, 2.45) is 5.10 Å². The molecule has 3 aromatic rings. The fraction of sp³-hybridized carbons (Fsp3) is 0.375. The molecule has 34 heavy (non-hydrogen) atoms. The van der Waals surface area contributed by atoms with Crippen LogP contribution in [-0.2, 0) is 5.41 Å². The van der Waals surface area contributed by atoms with Crippen LogP contribution in [0.2, 0.25) is 0 Å². The SMILES string of the molecule is CC[C@H](C)Oc1c(OC)cc(C=Nn2c(C(C)(C)C)nc3ccc(Br)cc3c2=O)cc1[N+](=O)[O-]. The van der Waals surface area contributed by atoms with E-state index in [2.05, 4.69) is 26.0 Å². The Kier molecular flexibility index (Phi) is 7.40. The zero-order chi connectivity index (χ0) is 25.2. The van der Waals surface area contributed by atoms with Gasteiger partial charge in [-0.05, 0) is 37.6 Å². The second-order valence-electron chi connectivity index (χ2n) is 8.87. The van der Waals surface area contributed by atoms with Gasteiger partial charge in [0.25, 0.3) is 5.56 Å². The summed E-state index contributed by atoms with van der Waals surface area (Å²) in [5, 5.41) is 16.6. The Morgan fingerprint density at radius 3 is 2.59 bits per heavy atom. The predicted molar refractivity (Wildman–Crippen MR) is 135 cm³/mol. The van der Waals surface area contributed by atoms with E-state index in [1.54, 1.807) is 18.2 Å². The topological polar surface area (TPSA) is 109 Å². The minimum absolute atomic E-state index is 0.0590. The fourth-order valence-corrected chi connectivity index (χ4v) is 3.60. The first-order valence-electron chi connectivity index (χ1n) is 10.8. The molecule has 0 amide bonds. The van der Waals surface area contributed by atoms with Crippen molar-refractivity contribution in [3.05, 3.63) is 66.7 Å². The highest BCUT2D eigenvalue weighted by Crippen LogP contribution is 2.39. The van der Waals surface area contributed by atoms with Crippen molar-refractivity contribution in [3.63, 3.8) is 0 Å². The zero-order valence-corrected chi connectivity index (χ0v) is 21.5. The molecule has 0 N–H and O–H groups in total. The van der Waals surface area contributed by atoms with Gasteiger partial charge in [0.1, 0.15) is 5.82 Å². The van der Waals surface area contributed by atoms with Gasteiger partial charge in [0.05, 0.1) is 35.3 Å². The highest BCUT2D eigenvalue weighted by molar-refractivity contribution is 9.10. The minimum atomic E-state index is -0.528. The second kappa shape index (κ2) is 9.92. The molecule has 0 aliphatic carbocycles. The number of halogens is 1. The van der Waals surface area contributed by atoms with Gasteiger partial charge in [-0.3, -0.25) is 14.9 Å². The van der Waals surface area contributed by atoms with E-state index in [0.717, 1.165) is 4.47 Å². The summed E-state index contributed by atoms with van der Waals surface area (Å²) in [5.41, 5.74) is -0.139. The Balaban J connectivity index is 2.19. The first kappa shape index (κ1) is 25.4. The summed E-state index contributed by atoms with van der Waals surface area (Å²) in [6.45, 7) is 9.54. The monoisotopic (exact) mass is 530 g/mol. The highest BCUT2D eigenvalue weighted by atomic mass is 79.9. The number of hydrogen-bond donors (Lipinski definition) is 0. The molecule has 0 aliphatic rings. The largest absolute Gasteiger partial charge is 0.493 e. The zero-order valence-electron chi connectivity index (χ0n) is 20.0. The van der Waals surface area contributed by atoms with Crippen molar-refractivity contribution in [3.8, 4) is 11.5 Å². The van der Waals surface area contributed by atoms with Crippen molar-refractivity contribution in [2.45, 2.75) is 52.6 Å². The molecule has 180 valence electrons. The average Bonchev–Trinajstić information content (AvgIpc) is 2.78. The maximum Gasteiger partial charge on any atom is 0.315 e. The van der Waals surface area contributed by atoms with Crippen molar-refractivity contribution in [2.75, 3.05) is 7.11 Å². The lowest BCUT2D eigenvalue weighted by Crippen LogP contribution is -2.29. The Hall–Kier alpha value is -3.27. The molecular formula is C24H27BrN4O5. The van der Waals surface area contributed by atoms with Gasteiger partial charge in [-0.15, -0.1) is 0 Å². The van der Waals surface area contributed by atoms with Crippen LogP contribution in [0.15, 0.2) is 44.7 Å². The first-order chi connectivity index (χ1) is 16.0. The third kappa shape index (κ3) is 5.27. The molecule has 0 saturated heterocycles. The Morgan fingerprint density at radius 2 is 2.00 bits per heavy atom. The van der Waals surface area contributed by atoms with Crippen LogP contribution in [0.4, 0.5) is 5.69 Å². The summed E-state index contributed by atoms with van der Waals surface area (Å²) < 4.78 is 13.1. The molecule has 9 nitrogen and oxygen atoms in total. The van der Waals surface area contributed by atoms with Crippen molar-refractivity contribution < 1.29 is 14.4 Å². The summed E-state index contributed by atoms with van der Waals surface area (Å²) in [6.07, 6.45) is 1.82. The molecule has 0 unspecified atom stereocenters. The Morgan fingerprint density at radius 1 is 1.29 bits per heavy atom. The minimum Gasteiger partial charge on any atom is -0.493 e. The molecule has 0 aliphatic heterocycles. The van der Waals surface area contributed by atoms with Gasteiger partial charge < -0.3 is 9.47 Å². The van der Waals surface area contributed by atoms with Gasteiger partial charge >= 0.3 is 5.69 Å². The molecule has 0 saturated carbocycles. The molecule has 10 heteroatoms. The Bertz CT molecular complexity index is 1330. The number of nitro benzene ring substituents is 1.